The maximum absolute atomic E-state index is 2.50. The molecule has 1 unspecified atom stereocenters. The molecule has 5 rings (SSSR count). The van der Waals surface area contributed by atoms with Crippen LogP contribution in [0, 0.1) is 5.92 Å². The Hall–Kier alpha value is -1.60. The first kappa shape index (κ1) is 12.0. The molecular weight excluding hydrogens is 254 g/mol. The number of rotatable bonds is 0. The van der Waals surface area contributed by atoms with Crippen LogP contribution in [0.5, 0.6) is 0 Å². The molecule has 2 aromatic rings. The van der Waals surface area contributed by atoms with Crippen molar-refractivity contribution in [2.24, 2.45) is 5.92 Å². The van der Waals surface area contributed by atoms with Crippen LogP contribution in [0.3, 0.4) is 0 Å². The maximum atomic E-state index is 2.50. The Balaban J connectivity index is 1.83. The molecule has 2 aromatic carbocycles. The van der Waals surface area contributed by atoms with Gasteiger partial charge >= 0.3 is 0 Å². The van der Waals surface area contributed by atoms with Crippen LogP contribution in [0.15, 0.2) is 48.5 Å². The molecule has 5 atom stereocenters. The predicted octanol–water partition coefficient (Wildman–Crippen LogP) is 4.24. The first-order chi connectivity index (χ1) is 10.2. The van der Waals surface area contributed by atoms with Gasteiger partial charge in [0.25, 0.3) is 0 Å². The number of benzene rings is 2. The van der Waals surface area contributed by atoms with Gasteiger partial charge in [-0.15, -0.1) is 0 Å². The summed E-state index contributed by atoms with van der Waals surface area (Å²) >= 11 is 0. The summed E-state index contributed by atoms with van der Waals surface area (Å²) in [5.41, 5.74) is 6.41. The molecule has 3 aliphatic heterocycles. The van der Waals surface area contributed by atoms with Crippen LogP contribution in [0.25, 0.3) is 0 Å². The highest BCUT2D eigenvalue weighted by molar-refractivity contribution is 5.47. The van der Waals surface area contributed by atoms with Crippen LogP contribution in [-0.2, 0) is 6.54 Å². The number of fused-ring (bicyclic) bond motifs is 6. The lowest BCUT2D eigenvalue weighted by Gasteiger charge is -2.66. The van der Waals surface area contributed by atoms with E-state index in [1.807, 2.05) is 0 Å². The van der Waals surface area contributed by atoms with Crippen molar-refractivity contribution in [2.75, 3.05) is 6.54 Å². The predicted molar refractivity (Wildman–Crippen MR) is 84.9 cm³/mol. The first-order valence-electron chi connectivity index (χ1n) is 8.25. The average molecular weight is 276 g/mol. The van der Waals surface area contributed by atoms with Crippen molar-refractivity contribution >= 4 is 0 Å². The Labute approximate surface area is 126 Å². The van der Waals surface area contributed by atoms with Gasteiger partial charge in [-0.2, -0.15) is 0 Å². The molecule has 106 valence electrons. The van der Waals surface area contributed by atoms with Gasteiger partial charge in [0.05, 0.1) is 24.4 Å². The second-order valence-electron chi connectivity index (χ2n) is 7.41. The van der Waals surface area contributed by atoms with Crippen LogP contribution in [0.4, 0.5) is 0 Å². The Morgan fingerprint density at radius 2 is 1.52 bits per heavy atom. The molecule has 0 N–H and O–H groups in total. The van der Waals surface area contributed by atoms with Gasteiger partial charge < -0.3 is 4.48 Å². The van der Waals surface area contributed by atoms with Gasteiger partial charge in [-0.25, -0.2) is 0 Å². The van der Waals surface area contributed by atoms with Gasteiger partial charge in [-0.05, 0) is 18.1 Å². The van der Waals surface area contributed by atoms with Crippen molar-refractivity contribution in [2.45, 2.75) is 38.4 Å². The zero-order chi connectivity index (χ0) is 14.2. The molecule has 1 spiro atoms. The molecule has 1 saturated heterocycles. The standard InChI is InChI=1S/C20H22N/c1-13-11-21-12-15-7-3-4-8-16(15)19(14(21)2)17-9-5-6-10-18(17)20(13)21/h3-10,13-14,19-20H,11-12H2,1-2H3/q+1/t13-,14+,19+,20+,21?/m1/s1. The second-order valence-corrected chi connectivity index (χ2v) is 7.41. The van der Waals surface area contributed by atoms with Crippen LogP contribution < -0.4 is 0 Å². The van der Waals surface area contributed by atoms with E-state index in [-0.39, 0.29) is 0 Å². The van der Waals surface area contributed by atoms with Crippen LogP contribution in [0.1, 0.15) is 48.1 Å². The summed E-state index contributed by atoms with van der Waals surface area (Å²) in [5, 5.41) is 0. The molecule has 0 aliphatic carbocycles. The Bertz CT molecular complexity index is 734. The fraction of sp³-hybridized carbons (Fsp3) is 0.400. The summed E-state index contributed by atoms with van der Waals surface area (Å²) < 4.78 is 1.31. The molecule has 3 aliphatic rings. The molecule has 3 heterocycles. The summed E-state index contributed by atoms with van der Waals surface area (Å²) in [4.78, 5) is 0. The summed E-state index contributed by atoms with van der Waals surface area (Å²) in [6.45, 7) is 7.52. The van der Waals surface area contributed by atoms with Crippen LogP contribution >= 0.6 is 0 Å². The fourth-order valence-electron chi connectivity index (χ4n) is 5.77. The Morgan fingerprint density at radius 3 is 2.29 bits per heavy atom. The molecule has 1 heteroatoms. The highest BCUT2D eigenvalue weighted by atomic mass is 15.5. The maximum Gasteiger partial charge on any atom is 0.123 e. The first-order valence-corrected chi connectivity index (χ1v) is 8.25. The van der Waals surface area contributed by atoms with Gasteiger partial charge in [0.1, 0.15) is 12.6 Å². The molecule has 1 nitrogen and oxygen atoms in total. The van der Waals surface area contributed by atoms with Gasteiger partial charge in [0, 0.05) is 11.1 Å². The van der Waals surface area contributed by atoms with Crippen molar-refractivity contribution in [3.05, 3.63) is 70.8 Å². The number of hydrogen-bond acceptors (Lipinski definition) is 0. The molecule has 21 heavy (non-hydrogen) atoms. The lowest BCUT2D eigenvalue weighted by Crippen LogP contribution is -2.72. The molecular formula is C20H22N+. The molecule has 1 fully saturated rings. The monoisotopic (exact) mass is 276 g/mol. The van der Waals surface area contributed by atoms with E-state index in [9.17, 15) is 0 Å². The van der Waals surface area contributed by atoms with Crippen molar-refractivity contribution in [1.29, 1.82) is 0 Å². The SMILES string of the molecule is C[C@@H]1C[N+]23Cc4ccccc4[C@@H](c4ccccc4[C@H]12)[C@@H]3C. The summed E-state index contributed by atoms with van der Waals surface area (Å²) in [5.74, 6) is 1.41. The minimum Gasteiger partial charge on any atom is -0.310 e. The van der Waals surface area contributed by atoms with Gasteiger partial charge in [-0.1, -0.05) is 55.5 Å². The topological polar surface area (TPSA) is 0 Å². The highest BCUT2D eigenvalue weighted by Crippen LogP contribution is 2.60. The quantitative estimate of drug-likeness (QED) is 0.631. The van der Waals surface area contributed by atoms with E-state index in [0.717, 1.165) is 18.0 Å². The van der Waals surface area contributed by atoms with E-state index in [0.29, 0.717) is 5.92 Å². The summed E-state index contributed by atoms with van der Waals surface area (Å²) in [6.07, 6.45) is 0. The van der Waals surface area contributed by atoms with Gasteiger partial charge in [-0.3, -0.25) is 0 Å². The average Bonchev–Trinajstić information content (AvgIpc) is 2.47. The zero-order valence-corrected chi connectivity index (χ0v) is 12.8. The Morgan fingerprint density at radius 1 is 0.857 bits per heavy atom. The van der Waals surface area contributed by atoms with Crippen molar-refractivity contribution in [1.82, 2.24) is 0 Å². The smallest absolute Gasteiger partial charge is 0.123 e. The molecule has 0 radical (unpaired) electrons. The van der Waals surface area contributed by atoms with Crippen LogP contribution in [0.2, 0.25) is 0 Å². The third kappa shape index (κ3) is 1.27. The minimum absolute atomic E-state index is 0.592. The van der Waals surface area contributed by atoms with Crippen molar-refractivity contribution in [3.8, 4) is 0 Å². The molecule has 2 bridgehead atoms. The highest BCUT2D eigenvalue weighted by Gasteiger charge is 2.63. The molecule has 0 aromatic heterocycles. The van der Waals surface area contributed by atoms with Crippen molar-refractivity contribution in [3.63, 3.8) is 0 Å². The number of nitrogens with zero attached hydrogens (tertiary/aromatic N) is 1. The number of quaternary nitrogens is 1. The van der Waals surface area contributed by atoms with E-state index in [4.69, 9.17) is 0 Å². The normalized spacial score (nSPS) is 38.8. The van der Waals surface area contributed by atoms with E-state index >= 15 is 0 Å². The lowest BCUT2D eigenvalue weighted by molar-refractivity contribution is -1.04. The zero-order valence-electron chi connectivity index (χ0n) is 12.8. The van der Waals surface area contributed by atoms with Crippen LogP contribution in [-0.4, -0.2) is 17.1 Å². The minimum atomic E-state index is 0.592. The Kier molecular flexibility index (Phi) is 2.16. The number of hydrogen-bond donors (Lipinski definition) is 0. The van der Waals surface area contributed by atoms with E-state index < -0.39 is 0 Å². The fourth-order valence-corrected chi connectivity index (χ4v) is 5.77. The summed E-state index contributed by atoms with van der Waals surface area (Å²) in [6, 6.07) is 19.9. The molecule has 0 saturated carbocycles. The summed E-state index contributed by atoms with van der Waals surface area (Å²) in [7, 11) is 0. The second kappa shape index (κ2) is 3.78. The van der Waals surface area contributed by atoms with E-state index in [2.05, 4.69) is 62.4 Å². The van der Waals surface area contributed by atoms with Gasteiger partial charge in [0.15, 0.2) is 0 Å². The van der Waals surface area contributed by atoms with E-state index in [1.165, 1.54) is 17.6 Å². The third-order valence-electron chi connectivity index (χ3n) is 6.52. The third-order valence-corrected chi connectivity index (χ3v) is 6.52. The largest absolute Gasteiger partial charge is 0.310 e. The lowest BCUT2D eigenvalue weighted by atomic mass is 9.64. The molecule has 0 amide bonds. The van der Waals surface area contributed by atoms with Crippen molar-refractivity contribution < 1.29 is 4.48 Å². The van der Waals surface area contributed by atoms with Gasteiger partial charge in [0.2, 0.25) is 0 Å². The van der Waals surface area contributed by atoms with E-state index in [1.54, 1.807) is 22.3 Å².